The second-order valence-corrected chi connectivity index (χ2v) is 21.5. The summed E-state index contributed by atoms with van der Waals surface area (Å²) in [5, 5.41) is 29.4. The van der Waals surface area contributed by atoms with E-state index in [0.717, 1.165) is 50.3 Å². The number of amides is 6. The lowest BCUT2D eigenvalue weighted by molar-refractivity contribution is -0.144. The molecule has 412 valence electrons. The van der Waals surface area contributed by atoms with Gasteiger partial charge in [0.2, 0.25) is 23.6 Å². The Labute approximate surface area is 462 Å². The molecule has 0 spiro atoms. The number of aromatic nitrogens is 4. The van der Waals surface area contributed by atoms with E-state index < -0.39 is 41.5 Å². The Kier molecular flexibility index (Phi) is 18.5. The number of nitrogens with one attached hydrogen (secondary N) is 7. The topological polar surface area (TPSA) is 262 Å². The van der Waals surface area contributed by atoms with Gasteiger partial charge in [-0.3, -0.25) is 28.8 Å². The van der Waals surface area contributed by atoms with Crippen molar-refractivity contribution in [1.82, 2.24) is 46.1 Å². The van der Waals surface area contributed by atoms with Crippen LogP contribution in [0, 0.1) is 12.3 Å². The number of nitrogens with zero attached hydrogens (tertiary/aromatic N) is 4. The van der Waals surface area contributed by atoms with Gasteiger partial charge in [-0.1, -0.05) is 57.2 Å². The summed E-state index contributed by atoms with van der Waals surface area (Å²) in [4.78, 5) is 97.5. The lowest BCUT2D eigenvalue weighted by atomic mass is 9.85. The second-order valence-electron chi connectivity index (χ2n) is 20.7. The summed E-state index contributed by atoms with van der Waals surface area (Å²) in [6.07, 6.45) is 4.80. The van der Waals surface area contributed by atoms with Gasteiger partial charge in [0.1, 0.15) is 30.0 Å². The van der Waals surface area contributed by atoms with Crippen LogP contribution < -0.4 is 36.6 Å². The fraction of sp³-hybridized carbons (Fsp3) is 0.339. The van der Waals surface area contributed by atoms with Gasteiger partial charge in [0.05, 0.1) is 40.5 Å². The molecule has 20 heteroatoms. The molecule has 1 saturated heterocycles. The third-order valence-corrected chi connectivity index (χ3v) is 14.5. The van der Waals surface area contributed by atoms with Gasteiger partial charge in [0.25, 0.3) is 11.8 Å². The van der Waals surface area contributed by atoms with Crippen LogP contribution in [-0.4, -0.2) is 110 Å². The maximum Gasteiger partial charge on any atom is 0.255 e. The van der Waals surface area contributed by atoms with Gasteiger partial charge in [-0.05, 0) is 98.7 Å². The Bertz CT molecular complexity index is 3320. The first kappa shape index (κ1) is 56.7. The molecule has 6 amide bonds. The van der Waals surface area contributed by atoms with Crippen LogP contribution in [0.1, 0.15) is 105 Å². The molecule has 79 heavy (non-hydrogen) atoms. The minimum atomic E-state index is -0.940. The van der Waals surface area contributed by atoms with Crippen LogP contribution >= 0.6 is 11.3 Å². The molecule has 8 N–H and O–H groups in total. The Morgan fingerprint density at radius 1 is 0.835 bits per heavy atom. The normalized spacial score (nSPS) is 14.9. The third-order valence-electron chi connectivity index (χ3n) is 13.5. The lowest BCUT2D eigenvalue weighted by Crippen LogP contribution is -2.57. The second kappa shape index (κ2) is 25.8. The largest absolute Gasteiger partial charge is 0.493 e. The number of β-amino-alcohol motifs (C(OH)–C–C–N with tert-alkyl or cyclic N) is 1. The monoisotopic (exact) mass is 1090 g/mol. The molecule has 3 aromatic heterocycles. The summed E-state index contributed by atoms with van der Waals surface area (Å²) in [6, 6.07) is 26.8. The number of carbonyl (C=O) groups excluding carboxylic acids is 6. The van der Waals surface area contributed by atoms with Crippen molar-refractivity contribution in [3.05, 3.63) is 137 Å². The fourth-order valence-electron chi connectivity index (χ4n) is 9.40. The molecular weight excluding hydrogens is 1020 g/mol. The minimum Gasteiger partial charge on any atom is -0.493 e. The molecule has 7 aromatic rings. The van der Waals surface area contributed by atoms with E-state index in [2.05, 4.69) is 51.8 Å². The molecule has 0 aliphatic carbocycles. The maximum absolute atomic E-state index is 13.9. The van der Waals surface area contributed by atoms with E-state index in [1.165, 1.54) is 29.5 Å². The summed E-state index contributed by atoms with van der Waals surface area (Å²) in [5.74, 6) is -0.980. The predicted molar refractivity (Wildman–Crippen MR) is 305 cm³/mol. The molecule has 0 unspecified atom stereocenters. The van der Waals surface area contributed by atoms with Crippen molar-refractivity contribution in [2.45, 2.75) is 97.9 Å². The first-order chi connectivity index (χ1) is 37.9. The smallest absolute Gasteiger partial charge is 0.255 e. The van der Waals surface area contributed by atoms with Crippen LogP contribution in [0.15, 0.2) is 115 Å². The number of rotatable bonds is 22. The van der Waals surface area contributed by atoms with Crippen molar-refractivity contribution < 1.29 is 38.6 Å². The summed E-state index contributed by atoms with van der Waals surface area (Å²) < 4.78 is 6.38. The molecule has 4 heterocycles. The number of aliphatic hydroxyl groups is 1. The Morgan fingerprint density at radius 2 is 1.59 bits per heavy atom. The van der Waals surface area contributed by atoms with Crippen molar-refractivity contribution >= 4 is 74.9 Å². The van der Waals surface area contributed by atoms with Crippen molar-refractivity contribution in [3.8, 4) is 27.4 Å². The number of likely N-dealkylation sites (tertiary alicyclic amines) is 1. The number of aliphatic hydroxyl groups excluding tert-OH is 1. The highest BCUT2D eigenvalue weighted by atomic mass is 32.1. The number of carbonyl (C=O) groups is 6. The standard InChI is InChI=1S/C59H67N11O8S/c1-35(66-57(76)49-29-43(72)32-70(49)58(77)54(59(4,5)6)67-37(3)71)44-22-21-40(53-36(2)65-34-79-53)27-50(44)78-26-11-7-10-24-60-52(73)23-25-61-55(74)38-17-19-39(20-18-38)56(75)69-42-14-12-13-41(28-42)68-51-30-48(63-33-64-51)46-31-62-47-16-9-8-15-45(46)47/h8-9,12-22,27-28,30-31,33-35,43,49,54,62,72H,7,10-11,23-26,29,32H2,1-6H3,(H,60,73)(H,61,74)(H,66,76)(H,67,71)(H,69,75)(H,63,64,68)/t35-,43+,49-,54+/m0/s1. The molecule has 4 atom stereocenters. The number of thiazole rings is 1. The highest BCUT2D eigenvalue weighted by Crippen LogP contribution is 2.36. The van der Waals surface area contributed by atoms with Gasteiger partial charge < -0.3 is 51.6 Å². The molecule has 0 saturated carbocycles. The number of aryl methyl sites for hydroxylation is 1. The van der Waals surface area contributed by atoms with E-state index in [0.29, 0.717) is 60.1 Å². The molecular formula is C59H67N11O8S. The van der Waals surface area contributed by atoms with E-state index in [1.54, 1.807) is 41.9 Å². The van der Waals surface area contributed by atoms with Gasteiger partial charge >= 0.3 is 0 Å². The third kappa shape index (κ3) is 14.8. The Hall–Kier alpha value is -8.49. The zero-order valence-corrected chi connectivity index (χ0v) is 46.0. The predicted octanol–water partition coefficient (Wildman–Crippen LogP) is 8.23. The molecule has 8 rings (SSSR count). The van der Waals surface area contributed by atoms with Crippen molar-refractivity contribution in [2.24, 2.45) is 5.41 Å². The number of unbranched alkanes of at least 4 members (excludes halogenated alkanes) is 2. The molecule has 4 aromatic carbocycles. The summed E-state index contributed by atoms with van der Waals surface area (Å²) in [5.41, 5.74) is 8.37. The number of aromatic amines is 1. The molecule has 1 aliphatic heterocycles. The molecule has 19 nitrogen and oxygen atoms in total. The highest BCUT2D eigenvalue weighted by molar-refractivity contribution is 7.13. The average molecular weight is 1090 g/mol. The van der Waals surface area contributed by atoms with E-state index in [4.69, 9.17) is 4.74 Å². The van der Waals surface area contributed by atoms with Crippen LogP contribution in [0.2, 0.25) is 0 Å². The zero-order valence-electron chi connectivity index (χ0n) is 45.1. The van der Waals surface area contributed by atoms with Crippen molar-refractivity contribution in [3.63, 3.8) is 0 Å². The van der Waals surface area contributed by atoms with Crippen LogP contribution in [-0.2, 0) is 19.2 Å². The van der Waals surface area contributed by atoms with Crippen LogP contribution in [0.25, 0.3) is 32.6 Å². The van der Waals surface area contributed by atoms with Crippen molar-refractivity contribution in [2.75, 3.05) is 36.9 Å². The number of hydrogen-bond acceptors (Lipinski definition) is 13. The molecule has 0 radical (unpaired) electrons. The number of hydrogen-bond donors (Lipinski definition) is 8. The number of H-pyrrole nitrogens is 1. The Balaban J connectivity index is 0.753. The van der Waals surface area contributed by atoms with Crippen LogP contribution in [0.3, 0.4) is 0 Å². The summed E-state index contributed by atoms with van der Waals surface area (Å²) in [7, 11) is 0. The fourth-order valence-corrected chi connectivity index (χ4v) is 10.2. The zero-order chi connectivity index (χ0) is 56.2. The van der Waals surface area contributed by atoms with Gasteiger partial charge in [0, 0.05) is 96.2 Å². The van der Waals surface area contributed by atoms with Crippen LogP contribution in [0.4, 0.5) is 17.2 Å². The van der Waals surface area contributed by atoms with E-state index in [9.17, 15) is 33.9 Å². The van der Waals surface area contributed by atoms with Crippen molar-refractivity contribution in [1.29, 1.82) is 0 Å². The number of anilines is 3. The molecule has 0 bridgehead atoms. The van der Waals surface area contributed by atoms with Gasteiger partial charge in [0.15, 0.2) is 0 Å². The average Bonchev–Trinajstić information content (AvgIpc) is 4.21. The van der Waals surface area contributed by atoms with Gasteiger partial charge in [-0.25, -0.2) is 15.0 Å². The SMILES string of the molecule is CC(=O)N[C@H](C(=O)N1C[C@H](O)C[C@H]1C(=O)N[C@@H](C)c1ccc(-c2scnc2C)cc1OCCCCCNC(=O)CCNC(=O)c1ccc(C(=O)Nc2cccc(Nc3cc(-c4c[nH]c5ccccc45)ncn3)c2)cc1)C(C)(C)C. The number of fused-ring (bicyclic) bond motifs is 1. The number of benzene rings is 4. The van der Waals surface area contributed by atoms with Gasteiger partial charge in [-0.15, -0.1) is 11.3 Å². The molecule has 1 aliphatic rings. The highest BCUT2D eigenvalue weighted by Gasteiger charge is 2.44. The Morgan fingerprint density at radius 3 is 2.34 bits per heavy atom. The van der Waals surface area contributed by atoms with E-state index in [-0.39, 0.29) is 49.6 Å². The van der Waals surface area contributed by atoms with E-state index in [1.807, 2.05) is 101 Å². The van der Waals surface area contributed by atoms with Crippen LogP contribution in [0.5, 0.6) is 5.75 Å². The summed E-state index contributed by atoms with van der Waals surface area (Å²) >= 11 is 1.51. The molecule has 1 fully saturated rings. The lowest BCUT2D eigenvalue weighted by Gasteiger charge is -2.35. The number of para-hydroxylation sites is 1. The minimum absolute atomic E-state index is 0.0289. The first-order valence-corrected chi connectivity index (χ1v) is 27.2. The van der Waals surface area contributed by atoms with Gasteiger partial charge in [-0.2, -0.15) is 0 Å². The number of ether oxygens (including phenoxy) is 1. The summed E-state index contributed by atoms with van der Waals surface area (Å²) in [6.45, 7) is 11.5. The first-order valence-electron chi connectivity index (χ1n) is 26.4. The maximum atomic E-state index is 13.9. The van der Waals surface area contributed by atoms with E-state index >= 15 is 0 Å². The quantitative estimate of drug-likeness (QED) is 0.0299.